The lowest BCUT2D eigenvalue weighted by Crippen LogP contribution is -2.52. The molecule has 0 saturated carbocycles. The molecule has 0 unspecified atom stereocenters. The Bertz CT molecular complexity index is 609. The summed E-state index contributed by atoms with van der Waals surface area (Å²) in [7, 11) is 0. The molecule has 2 atom stereocenters. The summed E-state index contributed by atoms with van der Waals surface area (Å²) in [6.07, 6.45) is 3.53. The molecule has 28 heavy (non-hydrogen) atoms. The van der Waals surface area contributed by atoms with Crippen molar-refractivity contribution < 1.29 is 24.2 Å². The number of amides is 2. The number of carbonyl (C=O) groups is 3. The quantitative estimate of drug-likeness (QED) is 0.380. The topological polar surface area (TPSA) is 131 Å². The molecule has 1 aromatic carbocycles. The molecule has 0 radical (unpaired) electrons. The number of carboxylic acids is 1. The van der Waals surface area contributed by atoms with E-state index in [1.54, 1.807) is 0 Å². The molecule has 1 rings (SSSR count). The highest BCUT2D eigenvalue weighted by molar-refractivity contribution is 5.89. The molecule has 0 spiro atoms. The van der Waals surface area contributed by atoms with Crippen molar-refractivity contribution >= 4 is 18.0 Å². The van der Waals surface area contributed by atoms with Crippen LogP contribution in [0.15, 0.2) is 30.3 Å². The molecule has 0 aliphatic rings. The summed E-state index contributed by atoms with van der Waals surface area (Å²) >= 11 is 0. The van der Waals surface area contributed by atoms with Crippen molar-refractivity contribution in [1.29, 1.82) is 0 Å². The molecule has 0 bridgehead atoms. The average Bonchev–Trinajstić information content (AvgIpc) is 2.69. The predicted molar refractivity (Wildman–Crippen MR) is 106 cm³/mol. The molecule has 0 aliphatic carbocycles. The fourth-order valence-corrected chi connectivity index (χ4v) is 2.65. The van der Waals surface area contributed by atoms with E-state index in [4.69, 9.17) is 10.5 Å². The fraction of sp³-hybridized carbons (Fsp3) is 0.550. The molecule has 0 aromatic heterocycles. The van der Waals surface area contributed by atoms with Gasteiger partial charge in [-0.05, 0) is 24.9 Å². The summed E-state index contributed by atoms with van der Waals surface area (Å²) in [4.78, 5) is 35.9. The number of unbranched alkanes of at least 4 members (excludes halogenated alkanes) is 3. The second kappa shape index (κ2) is 13.5. The Morgan fingerprint density at radius 3 is 2.36 bits per heavy atom. The molecule has 0 aliphatic heterocycles. The van der Waals surface area contributed by atoms with E-state index in [1.165, 1.54) is 0 Å². The van der Waals surface area contributed by atoms with E-state index in [9.17, 15) is 19.5 Å². The van der Waals surface area contributed by atoms with E-state index in [1.807, 2.05) is 30.3 Å². The molecule has 2 amide bonds. The van der Waals surface area contributed by atoms with Gasteiger partial charge in [-0.2, -0.15) is 0 Å². The highest BCUT2D eigenvalue weighted by Crippen LogP contribution is 2.08. The minimum atomic E-state index is -1.16. The monoisotopic (exact) mass is 393 g/mol. The summed E-state index contributed by atoms with van der Waals surface area (Å²) in [6.45, 7) is 2.29. The molecule has 8 nitrogen and oxygen atoms in total. The average molecular weight is 393 g/mol. The molecule has 0 fully saturated rings. The number of carboxylic acid groups (broad SMARTS) is 1. The number of ether oxygens (including phenoxy) is 1. The highest BCUT2D eigenvalue weighted by atomic mass is 16.5. The van der Waals surface area contributed by atoms with Gasteiger partial charge in [-0.25, -0.2) is 9.59 Å². The first-order valence-electron chi connectivity index (χ1n) is 9.68. The minimum Gasteiger partial charge on any atom is -0.480 e. The van der Waals surface area contributed by atoms with Crippen LogP contribution in [0.2, 0.25) is 0 Å². The van der Waals surface area contributed by atoms with Gasteiger partial charge in [0.25, 0.3) is 0 Å². The van der Waals surface area contributed by atoms with Crippen LogP contribution in [0.3, 0.4) is 0 Å². The second-order valence-corrected chi connectivity index (χ2v) is 6.58. The zero-order valence-corrected chi connectivity index (χ0v) is 16.4. The molecule has 8 heteroatoms. The first-order valence-corrected chi connectivity index (χ1v) is 9.68. The number of benzene rings is 1. The maximum absolute atomic E-state index is 12.5. The molecule has 5 N–H and O–H groups in total. The van der Waals surface area contributed by atoms with Gasteiger partial charge >= 0.3 is 12.1 Å². The third-order valence-electron chi connectivity index (χ3n) is 4.24. The van der Waals surface area contributed by atoms with E-state index < -0.39 is 30.1 Å². The van der Waals surface area contributed by atoms with Crippen molar-refractivity contribution in [1.82, 2.24) is 10.6 Å². The van der Waals surface area contributed by atoms with Gasteiger partial charge < -0.3 is 26.2 Å². The maximum atomic E-state index is 12.5. The van der Waals surface area contributed by atoms with Crippen LogP contribution in [0, 0.1) is 0 Å². The van der Waals surface area contributed by atoms with Gasteiger partial charge in [0.15, 0.2) is 0 Å². The zero-order valence-electron chi connectivity index (χ0n) is 16.4. The fourth-order valence-electron chi connectivity index (χ4n) is 2.65. The summed E-state index contributed by atoms with van der Waals surface area (Å²) in [6, 6.07) is 7.24. The van der Waals surface area contributed by atoms with Crippen LogP contribution in [0.5, 0.6) is 0 Å². The van der Waals surface area contributed by atoms with Crippen molar-refractivity contribution in [2.24, 2.45) is 5.73 Å². The van der Waals surface area contributed by atoms with Gasteiger partial charge in [0.2, 0.25) is 5.91 Å². The van der Waals surface area contributed by atoms with E-state index >= 15 is 0 Å². The normalized spacial score (nSPS) is 12.6. The van der Waals surface area contributed by atoms with Crippen molar-refractivity contribution in [2.75, 3.05) is 6.54 Å². The van der Waals surface area contributed by atoms with Crippen molar-refractivity contribution in [3.63, 3.8) is 0 Å². The number of nitrogens with two attached hydrogens (primary N) is 1. The third kappa shape index (κ3) is 9.36. The van der Waals surface area contributed by atoms with Crippen molar-refractivity contribution in [3.05, 3.63) is 35.9 Å². The van der Waals surface area contributed by atoms with Crippen LogP contribution in [-0.2, 0) is 20.9 Å². The SMILES string of the molecule is CCCCCC[C@H](NC(=O)OCc1ccccc1)C(=O)N[C@@H](CCN)C(=O)O. The summed E-state index contributed by atoms with van der Waals surface area (Å²) in [5.74, 6) is -1.70. The zero-order chi connectivity index (χ0) is 20.8. The Morgan fingerprint density at radius 1 is 1.04 bits per heavy atom. The molecule has 0 heterocycles. The van der Waals surface area contributed by atoms with Gasteiger partial charge in [-0.3, -0.25) is 4.79 Å². The predicted octanol–water partition coefficient (Wildman–Crippen LogP) is 2.17. The highest BCUT2D eigenvalue weighted by Gasteiger charge is 2.26. The Labute approximate surface area is 165 Å². The van der Waals surface area contributed by atoms with Crippen LogP contribution in [0.1, 0.15) is 51.0 Å². The first-order chi connectivity index (χ1) is 13.5. The number of hydrogen-bond donors (Lipinski definition) is 4. The lowest BCUT2D eigenvalue weighted by Gasteiger charge is -2.21. The largest absolute Gasteiger partial charge is 0.480 e. The Kier molecular flexibility index (Phi) is 11.3. The summed E-state index contributed by atoms with van der Waals surface area (Å²) in [5.41, 5.74) is 6.23. The summed E-state index contributed by atoms with van der Waals surface area (Å²) in [5, 5.41) is 14.2. The number of hydrogen-bond acceptors (Lipinski definition) is 5. The van der Waals surface area contributed by atoms with Crippen LogP contribution in [0.4, 0.5) is 4.79 Å². The van der Waals surface area contributed by atoms with Crippen LogP contribution in [-0.4, -0.2) is 41.7 Å². The standard InChI is InChI=1S/C20H31N3O5/c1-2-3-4-8-11-16(18(24)22-17(12-13-21)19(25)26)23-20(27)28-14-15-9-6-5-7-10-15/h5-7,9-10,16-17H,2-4,8,11-14,21H2,1H3,(H,22,24)(H,23,27)(H,25,26)/t16-,17-/m0/s1. The van der Waals surface area contributed by atoms with E-state index in [0.717, 1.165) is 31.2 Å². The van der Waals surface area contributed by atoms with Crippen molar-refractivity contribution in [2.45, 2.75) is 64.1 Å². The van der Waals surface area contributed by atoms with E-state index in [0.29, 0.717) is 6.42 Å². The number of carbonyl (C=O) groups excluding carboxylic acids is 2. The van der Waals surface area contributed by atoms with Crippen LogP contribution in [0.25, 0.3) is 0 Å². The lowest BCUT2D eigenvalue weighted by molar-refractivity contribution is -0.142. The van der Waals surface area contributed by atoms with Gasteiger partial charge in [0, 0.05) is 0 Å². The smallest absolute Gasteiger partial charge is 0.408 e. The molecular weight excluding hydrogens is 362 g/mol. The lowest BCUT2D eigenvalue weighted by atomic mass is 10.1. The van der Waals surface area contributed by atoms with Gasteiger partial charge in [0.1, 0.15) is 18.7 Å². The Morgan fingerprint density at radius 2 is 1.75 bits per heavy atom. The van der Waals surface area contributed by atoms with Crippen molar-refractivity contribution in [3.8, 4) is 0 Å². The maximum Gasteiger partial charge on any atom is 0.408 e. The Hall–Kier alpha value is -2.61. The number of aliphatic carboxylic acids is 1. The van der Waals surface area contributed by atoms with Gasteiger partial charge in [-0.1, -0.05) is 62.9 Å². The third-order valence-corrected chi connectivity index (χ3v) is 4.24. The molecule has 1 aromatic rings. The van der Waals surface area contributed by atoms with Crippen LogP contribution >= 0.6 is 0 Å². The summed E-state index contributed by atoms with van der Waals surface area (Å²) < 4.78 is 5.17. The molecular formula is C20H31N3O5. The minimum absolute atomic E-state index is 0.0851. The van der Waals surface area contributed by atoms with Crippen LogP contribution < -0.4 is 16.4 Å². The number of rotatable bonds is 13. The first kappa shape index (κ1) is 23.4. The number of nitrogens with one attached hydrogen (secondary N) is 2. The molecule has 156 valence electrons. The molecule has 0 saturated heterocycles. The van der Waals surface area contributed by atoms with Gasteiger partial charge in [0.05, 0.1) is 0 Å². The van der Waals surface area contributed by atoms with E-state index in [2.05, 4.69) is 17.6 Å². The van der Waals surface area contributed by atoms with Gasteiger partial charge in [-0.15, -0.1) is 0 Å². The number of alkyl carbamates (subject to hydrolysis) is 1. The Balaban J connectivity index is 2.64. The van der Waals surface area contributed by atoms with E-state index in [-0.39, 0.29) is 19.6 Å². The second-order valence-electron chi connectivity index (χ2n) is 6.58.